The van der Waals surface area contributed by atoms with Crippen LogP contribution in [0, 0.1) is 0 Å². The number of hydrogen-bond donors (Lipinski definition) is 2. The van der Waals surface area contributed by atoms with E-state index >= 15 is 0 Å². The number of carbonyl (C=O) groups is 3. The molecular formula is C17H25NO7. The number of aromatic nitrogens is 1. The highest BCUT2D eigenvalue weighted by molar-refractivity contribution is 5.91. The van der Waals surface area contributed by atoms with Crippen LogP contribution in [0.15, 0.2) is 0 Å². The highest BCUT2D eigenvalue weighted by atomic mass is 16.5. The van der Waals surface area contributed by atoms with E-state index in [1.54, 1.807) is 20.8 Å². The molecule has 0 fully saturated rings. The van der Waals surface area contributed by atoms with E-state index in [1.165, 1.54) is 0 Å². The van der Waals surface area contributed by atoms with Gasteiger partial charge < -0.3 is 24.3 Å². The Labute approximate surface area is 146 Å². The van der Waals surface area contributed by atoms with Gasteiger partial charge in [-0.05, 0) is 38.3 Å². The number of hydrogen-bond acceptors (Lipinski definition) is 7. The van der Waals surface area contributed by atoms with Gasteiger partial charge in [0.1, 0.15) is 5.69 Å². The van der Waals surface area contributed by atoms with Crippen molar-refractivity contribution in [2.24, 2.45) is 0 Å². The largest absolute Gasteiger partial charge is 0.466 e. The van der Waals surface area contributed by atoms with Gasteiger partial charge in [-0.25, -0.2) is 4.79 Å². The van der Waals surface area contributed by atoms with Crippen LogP contribution in [-0.4, -0.2) is 47.8 Å². The summed E-state index contributed by atoms with van der Waals surface area (Å²) in [5, 5.41) is 9.56. The monoisotopic (exact) mass is 355 g/mol. The molecule has 0 amide bonds. The van der Waals surface area contributed by atoms with Gasteiger partial charge in [-0.1, -0.05) is 0 Å². The van der Waals surface area contributed by atoms with Crippen LogP contribution >= 0.6 is 0 Å². The molecule has 0 radical (unpaired) electrons. The first-order valence-corrected chi connectivity index (χ1v) is 8.30. The molecule has 1 heterocycles. The maximum absolute atomic E-state index is 12.1. The molecule has 0 aromatic carbocycles. The minimum atomic E-state index is -0.626. The molecule has 0 spiro atoms. The summed E-state index contributed by atoms with van der Waals surface area (Å²) in [4.78, 5) is 38.5. The van der Waals surface area contributed by atoms with E-state index in [2.05, 4.69) is 4.98 Å². The van der Waals surface area contributed by atoms with Gasteiger partial charge in [0.25, 0.3) is 0 Å². The van der Waals surface area contributed by atoms with E-state index in [1.807, 2.05) is 0 Å². The number of ether oxygens (including phenoxy) is 3. The molecule has 140 valence electrons. The smallest absolute Gasteiger partial charge is 0.355 e. The van der Waals surface area contributed by atoms with Crippen molar-refractivity contribution >= 4 is 17.9 Å². The number of aliphatic hydroxyl groups excluding tert-OH is 1. The third kappa shape index (κ3) is 5.90. The number of carbonyl (C=O) groups excluding carboxylic acids is 3. The standard InChI is InChI=1S/C17H25NO7/c1-4-23-14(20)8-7-11-12(9-15(21)24-5-2)16(17(22)25-6-3)18-13(11)10-19/h18-19H,4-10H2,1-3H3. The quantitative estimate of drug-likeness (QED) is 0.480. The van der Waals surface area contributed by atoms with Gasteiger partial charge in [0.05, 0.1) is 32.8 Å². The first-order chi connectivity index (χ1) is 12.0. The first kappa shape index (κ1) is 20.7. The van der Waals surface area contributed by atoms with E-state index in [4.69, 9.17) is 14.2 Å². The SMILES string of the molecule is CCOC(=O)CCc1c(CO)[nH]c(C(=O)OCC)c1CC(=O)OCC. The summed E-state index contributed by atoms with van der Waals surface area (Å²) in [5.74, 6) is -1.53. The molecule has 0 unspecified atom stereocenters. The lowest BCUT2D eigenvalue weighted by molar-refractivity contribution is -0.143. The molecule has 0 aliphatic heterocycles. The second-order valence-electron chi connectivity index (χ2n) is 5.10. The summed E-state index contributed by atoms with van der Waals surface area (Å²) in [6, 6.07) is 0. The highest BCUT2D eigenvalue weighted by Gasteiger charge is 2.25. The van der Waals surface area contributed by atoms with E-state index in [9.17, 15) is 19.5 Å². The van der Waals surface area contributed by atoms with E-state index < -0.39 is 17.9 Å². The molecule has 1 rings (SSSR count). The second kappa shape index (κ2) is 10.5. The summed E-state index contributed by atoms with van der Waals surface area (Å²) in [6.45, 7) is 5.34. The van der Waals surface area contributed by atoms with Gasteiger partial charge in [-0.2, -0.15) is 0 Å². The predicted octanol–water partition coefficient (Wildman–Crippen LogP) is 1.29. The number of aliphatic hydroxyl groups is 1. The molecule has 0 bridgehead atoms. The Hall–Kier alpha value is -2.35. The maximum Gasteiger partial charge on any atom is 0.355 e. The van der Waals surface area contributed by atoms with Crippen LogP contribution in [0.4, 0.5) is 0 Å². The molecule has 1 aromatic heterocycles. The van der Waals surface area contributed by atoms with Gasteiger partial charge in [-0.3, -0.25) is 9.59 Å². The molecule has 8 heteroatoms. The second-order valence-corrected chi connectivity index (χ2v) is 5.10. The van der Waals surface area contributed by atoms with Gasteiger partial charge >= 0.3 is 17.9 Å². The lowest BCUT2D eigenvalue weighted by Crippen LogP contribution is -2.14. The molecule has 1 aromatic rings. The molecule has 2 N–H and O–H groups in total. The van der Waals surface area contributed by atoms with Gasteiger partial charge in [0, 0.05) is 12.1 Å². The van der Waals surface area contributed by atoms with Crippen molar-refractivity contribution < 1.29 is 33.7 Å². The number of aromatic amines is 1. The van der Waals surface area contributed by atoms with Crippen molar-refractivity contribution in [2.45, 2.75) is 46.6 Å². The fraction of sp³-hybridized carbons (Fsp3) is 0.588. The zero-order chi connectivity index (χ0) is 18.8. The molecule has 0 saturated heterocycles. The molecule has 0 atom stereocenters. The average molecular weight is 355 g/mol. The van der Waals surface area contributed by atoms with Crippen LogP contribution in [0.2, 0.25) is 0 Å². The van der Waals surface area contributed by atoms with Crippen molar-refractivity contribution in [1.82, 2.24) is 4.98 Å². The summed E-state index contributed by atoms with van der Waals surface area (Å²) >= 11 is 0. The van der Waals surface area contributed by atoms with Crippen molar-refractivity contribution in [3.8, 4) is 0 Å². The van der Waals surface area contributed by atoms with Crippen LogP contribution in [0.5, 0.6) is 0 Å². The fourth-order valence-electron chi connectivity index (χ4n) is 2.46. The summed E-state index contributed by atoms with van der Waals surface area (Å²) in [5.41, 5.74) is 1.38. The molecule has 0 aliphatic rings. The third-order valence-corrected chi connectivity index (χ3v) is 3.45. The zero-order valence-corrected chi connectivity index (χ0v) is 14.8. The Kier molecular flexibility index (Phi) is 8.69. The third-order valence-electron chi connectivity index (χ3n) is 3.45. The maximum atomic E-state index is 12.1. The normalized spacial score (nSPS) is 10.4. The van der Waals surface area contributed by atoms with Crippen LogP contribution < -0.4 is 0 Å². The number of H-pyrrole nitrogens is 1. The minimum absolute atomic E-state index is 0.0663. The Morgan fingerprint density at radius 2 is 1.52 bits per heavy atom. The Bertz CT molecular complexity index is 606. The first-order valence-electron chi connectivity index (χ1n) is 8.30. The summed E-state index contributed by atoms with van der Waals surface area (Å²) < 4.78 is 14.8. The minimum Gasteiger partial charge on any atom is -0.466 e. The molecule has 8 nitrogen and oxygen atoms in total. The molecule has 25 heavy (non-hydrogen) atoms. The molecule has 0 saturated carbocycles. The van der Waals surface area contributed by atoms with Crippen LogP contribution in [-0.2, 0) is 43.2 Å². The number of rotatable bonds is 10. The summed E-state index contributed by atoms with van der Waals surface area (Å²) in [7, 11) is 0. The predicted molar refractivity (Wildman–Crippen MR) is 88.0 cm³/mol. The lowest BCUT2D eigenvalue weighted by atomic mass is 10.0. The van der Waals surface area contributed by atoms with Crippen LogP contribution in [0.3, 0.4) is 0 Å². The van der Waals surface area contributed by atoms with Crippen molar-refractivity contribution in [1.29, 1.82) is 0 Å². The van der Waals surface area contributed by atoms with Crippen LogP contribution in [0.25, 0.3) is 0 Å². The molecule has 0 aliphatic carbocycles. The van der Waals surface area contributed by atoms with Gasteiger partial charge in [-0.15, -0.1) is 0 Å². The highest BCUT2D eigenvalue weighted by Crippen LogP contribution is 2.23. The Morgan fingerprint density at radius 1 is 0.920 bits per heavy atom. The van der Waals surface area contributed by atoms with E-state index in [-0.39, 0.29) is 51.4 Å². The van der Waals surface area contributed by atoms with Gasteiger partial charge in [0.2, 0.25) is 0 Å². The summed E-state index contributed by atoms with van der Waals surface area (Å²) in [6.07, 6.45) is 0.132. The average Bonchev–Trinajstić information content (AvgIpc) is 2.91. The fourth-order valence-corrected chi connectivity index (χ4v) is 2.46. The van der Waals surface area contributed by atoms with E-state index in [0.29, 0.717) is 16.8 Å². The lowest BCUT2D eigenvalue weighted by Gasteiger charge is -2.08. The number of esters is 3. The van der Waals surface area contributed by atoms with Crippen molar-refractivity contribution in [2.75, 3.05) is 19.8 Å². The molecular weight excluding hydrogens is 330 g/mol. The van der Waals surface area contributed by atoms with Crippen molar-refractivity contribution in [3.63, 3.8) is 0 Å². The topological polar surface area (TPSA) is 115 Å². The Balaban J connectivity index is 3.17. The van der Waals surface area contributed by atoms with Gasteiger partial charge in [0.15, 0.2) is 0 Å². The van der Waals surface area contributed by atoms with E-state index in [0.717, 1.165) is 0 Å². The number of nitrogens with one attached hydrogen (secondary N) is 1. The van der Waals surface area contributed by atoms with Crippen molar-refractivity contribution in [3.05, 3.63) is 22.5 Å². The zero-order valence-electron chi connectivity index (χ0n) is 14.8. The van der Waals surface area contributed by atoms with Crippen LogP contribution in [0.1, 0.15) is 54.5 Å². The Morgan fingerprint density at radius 3 is 2.08 bits per heavy atom.